The molecule has 0 amide bonds. The molecule has 0 aliphatic rings. The predicted molar refractivity (Wildman–Crippen MR) is 106 cm³/mol. The van der Waals surface area contributed by atoms with Gasteiger partial charge in [-0.1, -0.05) is 6.07 Å². The van der Waals surface area contributed by atoms with Crippen LogP contribution < -0.4 is 20.1 Å². The Bertz CT molecular complexity index is 875. The van der Waals surface area contributed by atoms with Crippen molar-refractivity contribution < 1.29 is 9.47 Å². The number of benzene rings is 2. The summed E-state index contributed by atoms with van der Waals surface area (Å²) in [5.41, 5.74) is 8.46. The highest BCUT2D eigenvalue weighted by molar-refractivity contribution is 5.96. The van der Waals surface area contributed by atoms with Crippen molar-refractivity contribution in [2.45, 2.75) is 0 Å². The van der Waals surface area contributed by atoms with Gasteiger partial charge in [0.05, 0.1) is 19.9 Å². The zero-order valence-corrected chi connectivity index (χ0v) is 15.6. The van der Waals surface area contributed by atoms with E-state index in [2.05, 4.69) is 6.07 Å². The van der Waals surface area contributed by atoms with E-state index < -0.39 is 0 Å². The van der Waals surface area contributed by atoms with Crippen LogP contribution in [0.25, 0.3) is 22.0 Å². The van der Waals surface area contributed by atoms with Crippen LogP contribution in [0.2, 0.25) is 0 Å². The van der Waals surface area contributed by atoms with Gasteiger partial charge in [0, 0.05) is 36.8 Å². The van der Waals surface area contributed by atoms with Crippen LogP contribution in [-0.4, -0.2) is 33.3 Å². The highest BCUT2D eigenvalue weighted by Crippen LogP contribution is 2.33. The Hall–Kier alpha value is -2.66. The topological polar surface area (TPSA) is 60.6 Å². The summed E-state index contributed by atoms with van der Waals surface area (Å²) >= 11 is 0. The van der Waals surface area contributed by atoms with Crippen LogP contribution in [0, 0.1) is 0 Å². The van der Waals surface area contributed by atoms with Crippen molar-refractivity contribution in [1.82, 2.24) is 4.98 Å². The molecule has 5 nitrogen and oxygen atoms in total. The number of ether oxygens (including phenoxy) is 2. The van der Waals surface area contributed by atoms with Crippen molar-refractivity contribution in [2.24, 2.45) is 0 Å². The molecule has 3 aromatic rings. The van der Waals surface area contributed by atoms with Gasteiger partial charge in [-0.25, -0.2) is 4.98 Å². The summed E-state index contributed by atoms with van der Waals surface area (Å²) in [6.07, 6.45) is 0. The molecule has 1 aromatic heterocycles. The highest BCUT2D eigenvalue weighted by Gasteiger charge is 2.12. The number of aromatic nitrogens is 1. The van der Waals surface area contributed by atoms with Gasteiger partial charge in [0.15, 0.2) is 0 Å². The van der Waals surface area contributed by atoms with Crippen molar-refractivity contribution in [2.75, 3.05) is 38.9 Å². The normalized spacial score (nSPS) is 10.2. The lowest BCUT2D eigenvalue weighted by Gasteiger charge is -2.17. The molecular formula is C19H22ClN3O2. The van der Waals surface area contributed by atoms with Crippen LogP contribution in [0.5, 0.6) is 11.5 Å². The van der Waals surface area contributed by atoms with Crippen molar-refractivity contribution >= 4 is 34.7 Å². The summed E-state index contributed by atoms with van der Waals surface area (Å²) in [6, 6.07) is 13.7. The van der Waals surface area contributed by atoms with E-state index in [9.17, 15) is 0 Å². The first kappa shape index (κ1) is 18.7. The van der Waals surface area contributed by atoms with Crippen LogP contribution in [0.15, 0.2) is 42.5 Å². The van der Waals surface area contributed by atoms with E-state index in [0.717, 1.165) is 45.0 Å². The third-order valence-corrected chi connectivity index (χ3v) is 3.91. The molecule has 0 unspecified atom stereocenters. The Morgan fingerprint density at radius 1 is 0.920 bits per heavy atom. The summed E-state index contributed by atoms with van der Waals surface area (Å²) < 4.78 is 10.7. The maximum Gasteiger partial charge on any atom is 0.136 e. The zero-order chi connectivity index (χ0) is 17.3. The van der Waals surface area contributed by atoms with Gasteiger partial charge in [0.25, 0.3) is 0 Å². The van der Waals surface area contributed by atoms with Crippen molar-refractivity contribution in [3.05, 3.63) is 42.5 Å². The summed E-state index contributed by atoms with van der Waals surface area (Å²) in [5.74, 6) is 2.33. The number of methoxy groups -OCH3 is 2. The SMILES string of the molecule is COc1cc(OC)cc(-c2cc3ccc(N)cc3c(N(C)C)n2)c1.Cl. The molecule has 2 aromatic carbocycles. The lowest BCUT2D eigenvalue weighted by Crippen LogP contribution is -2.11. The fourth-order valence-electron chi connectivity index (χ4n) is 2.69. The molecule has 0 bridgehead atoms. The van der Waals surface area contributed by atoms with E-state index in [0.29, 0.717) is 0 Å². The number of nitrogens with zero attached hydrogens (tertiary/aromatic N) is 2. The number of halogens is 1. The molecular weight excluding hydrogens is 338 g/mol. The Balaban J connectivity index is 0.00000225. The van der Waals surface area contributed by atoms with Gasteiger partial charge in [0.1, 0.15) is 17.3 Å². The molecule has 0 aliphatic heterocycles. The van der Waals surface area contributed by atoms with Gasteiger partial charge in [-0.05, 0) is 35.7 Å². The van der Waals surface area contributed by atoms with Crippen LogP contribution in [0.4, 0.5) is 11.5 Å². The van der Waals surface area contributed by atoms with Crippen LogP contribution in [-0.2, 0) is 0 Å². The molecule has 0 atom stereocenters. The highest BCUT2D eigenvalue weighted by atomic mass is 35.5. The summed E-state index contributed by atoms with van der Waals surface area (Å²) in [6.45, 7) is 0. The first-order chi connectivity index (χ1) is 11.5. The van der Waals surface area contributed by atoms with E-state index in [1.165, 1.54) is 0 Å². The average Bonchev–Trinajstić information content (AvgIpc) is 2.60. The quantitative estimate of drug-likeness (QED) is 0.714. The fraction of sp³-hybridized carbons (Fsp3) is 0.211. The van der Waals surface area contributed by atoms with Crippen molar-refractivity contribution in [3.63, 3.8) is 0 Å². The van der Waals surface area contributed by atoms with Crippen LogP contribution in [0.3, 0.4) is 0 Å². The number of rotatable bonds is 4. The van der Waals surface area contributed by atoms with Gasteiger partial charge < -0.3 is 20.1 Å². The lowest BCUT2D eigenvalue weighted by molar-refractivity contribution is 0.394. The minimum Gasteiger partial charge on any atom is -0.497 e. The average molecular weight is 360 g/mol. The van der Waals surface area contributed by atoms with Gasteiger partial charge in [-0.3, -0.25) is 0 Å². The summed E-state index contributed by atoms with van der Waals surface area (Å²) in [7, 11) is 7.22. The van der Waals surface area contributed by atoms with E-state index >= 15 is 0 Å². The smallest absolute Gasteiger partial charge is 0.136 e. The molecule has 0 saturated carbocycles. The van der Waals surface area contributed by atoms with Crippen LogP contribution in [0.1, 0.15) is 0 Å². The van der Waals surface area contributed by atoms with E-state index in [1.807, 2.05) is 55.4 Å². The number of hydrogen-bond donors (Lipinski definition) is 1. The molecule has 25 heavy (non-hydrogen) atoms. The number of anilines is 2. The first-order valence-electron chi connectivity index (χ1n) is 7.63. The third-order valence-electron chi connectivity index (χ3n) is 3.91. The Morgan fingerprint density at radius 3 is 2.12 bits per heavy atom. The Kier molecular flexibility index (Phi) is 5.59. The van der Waals surface area contributed by atoms with E-state index in [1.54, 1.807) is 14.2 Å². The molecule has 132 valence electrons. The second kappa shape index (κ2) is 7.49. The van der Waals surface area contributed by atoms with Gasteiger partial charge in [0.2, 0.25) is 0 Å². The van der Waals surface area contributed by atoms with Gasteiger partial charge in [-0.15, -0.1) is 12.4 Å². The maximum absolute atomic E-state index is 5.94. The number of hydrogen-bond acceptors (Lipinski definition) is 5. The van der Waals surface area contributed by atoms with E-state index in [4.69, 9.17) is 20.2 Å². The Morgan fingerprint density at radius 2 is 1.56 bits per heavy atom. The molecule has 0 saturated heterocycles. The summed E-state index contributed by atoms with van der Waals surface area (Å²) in [5, 5.41) is 2.11. The number of nitrogens with two attached hydrogens (primary N) is 1. The molecule has 6 heteroatoms. The zero-order valence-electron chi connectivity index (χ0n) is 14.7. The number of fused-ring (bicyclic) bond motifs is 1. The maximum atomic E-state index is 5.94. The lowest BCUT2D eigenvalue weighted by atomic mass is 10.1. The molecule has 0 radical (unpaired) electrons. The molecule has 2 N–H and O–H groups in total. The van der Waals surface area contributed by atoms with E-state index in [-0.39, 0.29) is 12.4 Å². The van der Waals surface area contributed by atoms with Crippen molar-refractivity contribution in [3.8, 4) is 22.8 Å². The Labute approximate surface area is 153 Å². The largest absolute Gasteiger partial charge is 0.497 e. The minimum absolute atomic E-state index is 0. The molecule has 0 fully saturated rings. The van der Waals surface area contributed by atoms with Crippen molar-refractivity contribution in [1.29, 1.82) is 0 Å². The molecule has 3 rings (SSSR count). The standard InChI is InChI=1S/C19H21N3O2.ClH/c1-22(2)19-17-10-14(20)6-5-12(17)9-18(21-19)13-7-15(23-3)11-16(8-13)24-4;/h5-11H,20H2,1-4H3;1H. The van der Waals surface area contributed by atoms with Gasteiger partial charge >= 0.3 is 0 Å². The minimum atomic E-state index is 0. The van der Waals surface area contributed by atoms with Gasteiger partial charge in [-0.2, -0.15) is 0 Å². The molecule has 1 heterocycles. The fourth-order valence-corrected chi connectivity index (χ4v) is 2.69. The third kappa shape index (κ3) is 3.72. The number of pyridine rings is 1. The molecule has 0 aliphatic carbocycles. The number of nitrogen functional groups attached to an aromatic ring is 1. The second-order valence-electron chi connectivity index (χ2n) is 5.81. The monoisotopic (exact) mass is 359 g/mol. The summed E-state index contributed by atoms with van der Waals surface area (Å²) in [4.78, 5) is 6.81. The first-order valence-corrected chi connectivity index (χ1v) is 7.63. The molecule has 0 spiro atoms. The van der Waals surface area contributed by atoms with Crippen LogP contribution >= 0.6 is 12.4 Å². The predicted octanol–water partition coefficient (Wildman–Crippen LogP) is 3.99. The second-order valence-corrected chi connectivity index (χ2v) is 5.81.